The molecule has 0 aromatic heterocycles. The second-order valence-corrected chi connectivity index (χ2v) is 5.03. The highest BCUT2D eigenvalue weighted by molar-refractivity contribution is 8.14. The molecule has 80 valence electrons. The van der Waals surface area contributed by atoms with Gasteiger partial charge in [-0.25, -0.2) is 4.99 Å². The van der Waals surface area contributed by atoms with Crippen LogP contribution in [-0.4, -0.2) is 10.8 Å². The van der Waals surface area contributed by atoms with E-state index in [2.05, 4.69) is 43.3 Å². The van der Waals surface area contributed by atoms with Gasteiger partial charge in [-0.05, 0) is 23.6 Å². The summed E-state index contributed by atoms with van der Waals surface area (Å²) in [6, 6.07) is 12.8. The number of hydrogen-bond acceptors (Lipinski definition) is 2. The minimum Gasteiger partial charge on any atom is -0.241 e. The Morgan fingerprint density at radius 3 is 2.75 bits per heavy atom. The summed E-state index contributed by atoms with van der Waals surface area (Å²) in [5.41, 5.74) is 2.44. The van der Waals surface area contributed by atoms with Gasteiger partial charge in [0.05, 0.1) is 5.69 Å². The fraction of sp³-hybridized carbons (Fsp3) is 0.214. The maximum atomic E-state index is 4.71. The van der Waals surface area contributed by atoms with E-state index in [4.69, 9.17) is 4.99 Å². The molecule has 2 aromatic rings. The summed E-state index contributed by atoms with van der Waals surface area (Å²) in [4.78, 5) is 4.71. The Morgan fingerprint density at radius 1 is 1.12 bits per heavy atom. The lowest BCUT2D eigenvalue weighted by atomic mass is 10.1. The molecule has 2 heteroatoms. The average Bonchev–Trinajstić information content (AvgIpc) is 2.68. The first-order valence-corrected chi connectivity index (χ1v) is 6.62. The molecule has 0 saturated heterocycles. The molecule has 0 aliphatic carbocycles. The summed E-state index contributed by atoms with van der Waals surface area (Å²) in [5, 5.41) is 3.81. The largest absolute Gasteiger partial charge is 0.241 e. The SMILES string of the molecule is CCCSC1=Nc2cccc3cccc1c23. The highest BCUT2D eigenvalue weighted by Gasteiger charge is 2.17. The fourth-order valence-electron chi connectivity index (χ4n) is 2.07. The van der Waals surface area contributed by atoms with Crippen LogP contribution in [0.1, 0.15) is 18.9 Å². The van der Waals surface area contributed by atoms with E-state index in [0.29, 0.717) is 0 Å². The van der Waals surface area contributed by atoms with Gasteiger partial charge in [-0.1, -0.05) is 37.3 Å². The zero-order valence-corrected chi connectivity index (χ0v) is 10.1. The van der Waals surface area contributed by atoms with E-state index in [0.717, 1.165) is 11.4 Å². The maximum Gasteiger partial charge on any atom is 0.105 e. The van der Waals surface area contributed by atoms with Crippen LogP contribution in [0.3, 0.4) is 0 Å². The third kappa shape index (κ3) is 1.45. The summed E-state index contributed by atoms with van der Waals surface area (Å²) < 4.78 is 0. The van der Waals surface area contributed by atoms with E-state index >= 15 is 0 Å². The van der Waals surface area contributed by atoms with Gasteiger partial charge < -0.3 is 0 Å². The monoisotopic (exact) mass is 227 g/mol. The maximum absolute atomic E-state index is 4.71. The van der Waals surface area contributed by atoms with Crippen LogP contribution in [0.4, 0.5) is 5.69 Å². The van der Waals surface area contributed by atoms with Crippen LogP contribution in [0.2, 0.25) is 0 Å². The van der Waals surface area contributed by atoms with Crippen LogP contribution in [0.15, 0.2) is 41.4 Å². The third-order valence-electron chi connectivity index (χ3n) is 2.78. The van der Waals surface area contributed by atoms with Crippen molar-refractivity contribution in [1.82, 2.24) is 0 Å². The normalized spacial score (nSPS) is 13.2. The van der Waals surface area contributed by atoms with Crippen molar-refractivity contribution in [3.8, 4) is 0 Å². The summed E-state index contributed by atoms with van der Waals surface area (Å²) in [5.74, 6) is 1.14. The first kappa shape index (κ1) is 9.91. The molecule has 0 bridgehead atoms. The molecule has 0 radical (unpaired) electrons. The number of thioether (sulfide) groups is 1. The highest BCUT2D eigenvalue weighted by Crippen LogP contribution is 2.38. The van der Waals surface area contributed by atoms with Gasteiger partial charge in [-0.15, -0.1) is 11.8 Å². The highest BCUT2D eigenvalue weighted by atomic mass is 32.2. The van der Waals surface area contributed by atoms with Gasteiger partial charge in [-0.3, -0.25) is 0 Å². The number of nitrogens with zero attached hydrogens (tertiary/aromatic N) is 1. The Bertz CT molecular complexity index is 567. The molecule has 0 amide bonds. The molecule has 1 nitrogen and oxygen atoms in total. The molecule has 16 heavy (non-hydrogen) atoms. The van der Waals surface area contributed by atoms with Crippen molar-refractivity contribution in [1.29, 1.82) is 0 Å². The van der Waals surface area contributed by atoms with E-state index in [1.807, 2.05) is 11.8 Å². The Labute approximate surface area is 99.6 Å². The lowest BCUT2D eigenvalue weighted by Gasteiger charge is -2.02. The van der Waals surface area contributed by atoms with Crippen molar-refractivity contribution < 1.29 is 0 Å². The molecule has 1 aliphatic heterocycles. The van der Waals surface area contributed by atoms with Gasteiger partial charge in [-0.2, -0.15) is 0 Å². The first-order valence-electron chi connectivity index (χ1n) is 5.64. The van der Waals surface area contributed by atoms with E-state index in [-0.39, 0.29) is 0 Å². The standard InChI is InChI=1S/C14H13NS/c1-2-9-16-14-11-7-3-5-10-6-4-8-12(15-14)13(10)11/h3-8H,2,9H2,1H3. The molecule has 0 spiro atoms. The first-order chi connectivity index (χ1) is 7.90. The van der Waals surface area contributed by atoms with Gasteiger partial charge >= 0.3 is 0 Å². The molecule has 2 aromatic carbocycles. The number of hydrogen-bond donors (Lipinski definition) is 0. The van der Waals surface area contributed by atoms with Gasteiger partial charge in [0.2, 0.25) is 0 Å². The van der Waals surface area contributed by atoms with Gasteiger partial charge in [0.15, 0.2) is 0 Å². The number of rotatable bonds is 2. The molecule has 0 N–H and O–H groups in total. The average molecular weight is 227 g/mol. The van der Waals surface area contributed by atoms with Crippen molar-refractivity contribution in [3.63, 3.8) is 0 Å². The van der Waals surface area contributed by atoms with Crippen LogP contribution in [0, 0.1) is 0 Å². The van der Waals surface area contributed by atoms with Gasteiger partial charge in [0, 0.05) is 10.9 Å². The molecule has 1 aliphatic rings. The van der Waals surface area contributed by atoms with Crippen molar-refractivity contribution >= 4 is 33.3 Å². The molecule has 0 unspecified atom stereocenters. The van der Waals surface area contributed by atoms with Crippen molar-refractivity contribution in [2.24, 2.45) is 4.99 Å². The van der Waals surface area contributed by atoms with Crippen molar-refractivity contribution in [2.75, 3.05) is 5.75 Å². The van der Waals surface area contributed by atoms with Crippen LogP contribution in [0.25, 0.3) is 10.8 Å². The molecular weight excluding hydrogens is 214 g/mol. The molecule has 0 atom stereocenters. The number of aliphatic imine (C=N–C) groups is 1. The Morgan fingerprint density at radius 2 is 1.94 bits per heavy atom. The van der Waals surface area contributed by atoms with Gasteiger partial charge in [0.25, 0.3) is 0 Å². The summed E-state index contributed by atoms with van der Waals surface area (Å²) in [6.07, 6.45) is 1.19. The fourth-order valence-corrected chi connectivity index (χ4v) is 2.96. The Hall–Kier alpha value is -1.28. The van der Waals surface area contributed by atoms with Crippen molar-refractivity contribution in [2.45, 2.75) is 13.3 Å². The van der Waals surface area contributed by atoms with Crippen LogP contribution in [0.5, 0.6) is 0 Å². The van der Waals surface area contributed by atoms with E-state index < -0.39 is 0 Å². The zero-order chi connectivity index (χ0) is 11.0. The smallest absolute Gasteiger partial charge is 0.105 e. The van der Waals surface area contributed by atoms with Gasteiger partial charge in [0.1, 0.15) is 5.04 Å². The number of benzene rings is 2. The second kappa shape index (κ2) is 3.95. The molecule has 0 fully saturated rings. The van der Waals surface area contributed by atoms with E-state index in [9.17, 15) is 0 Å². The van der Waals surface area contributed by atoms with E-state index in [1.54, 1.807) is 0 Å². The van der Waals surface area contributed by atoms with Crippen LogP contribution in [-0.2, 0) is 0 Å². The Balaban J connectivity index is 2.14. The summed E-state index contributed by atoms with van der Waals surface area (Å²) in [7, 11) is 0. The summed E-state index contributed by atoms with van der Waals surface area (Å²) >= 11 is 1.86. The Kier molecular flexibility index (Phi) is 2.44. The third-order valence-corrected chi connectivity index (χ3v) is 3.98. The quantitative estimate of drug-likeness (QED) is 0.742. The molecule has 1 heterocycles. The van der Waals surface area contributed by atoms with Crippen LogP contribution < -0.4 is 0 Å². The topological polar surface area (TPSA) is 12.4 Å². The van der Waals surface area contributed by atoms with Crippen molar-refractivity contribution in [3.05, 3.63) is 42.0 Å². The predicted molar refractivity (Wildman–Crippen MR) is 72.9 cm³/mol. The minimum atomic E-state index is 1.13. The zero-order valence-electron chi connectivity index (χ0n) is 9.23. The summed E-state index contributed by atoms with van der Waals surface area (Å²) in [6.45, 7) is 2.20. The lowest BCUT2D eigenvalue weighted by molar-refractivity contribution is 1.11. The molecule has 3 rings (SSSR count). The molecular formula is C14H13NS. The minimum absolute atomic E-state index is 1.13. The van der Waals surface area contributed by atoms with Crippen LogP contribution >= 0.6 is 11.8 Å². The second-order valence-electron chi connectivity index (χ2n) is 3.95. The molecule has 0 saturated carbocycles. The van der Waals surface area contributed by atoms with E-state index in [1.165, 1.54) is 27.8 Å². The lowest BCUT2D eigenvalue weighted by Crippen LogP contribution is -1.92. The predicted octanol–water partition coefficient (Wildman–Crippen LogP) is 4.37.